The topological polar surface area (TPSA) is 49.3 Å². The molecule has 0 bridgehead atoms. The van der Waals surface area contributed by atoms with Crippen molar-refractivity contribution in [3.8, 4) is 0 Å². The molecule has 3 nitrogen and oxygen atoms in total. The van der Waals surface area contributed by atoms with E-state index < -0.39 is 5.97 Å². The van der Waals surface area contributed by atoms with Gasteiger partial charge in [-0.25, -0.2) is 4.79 Å². The van der Waals surface area contributed by atoms with Crippen molar-refractivity contribution in [1.82, 2.24) is 0 Å². The Morgan fingerprint density at radius 2 is 1.95 bits per heavy atom. The molecule has 98 valence electrons. The Morgan fingerprint density at radius 3 is 2.63 bits per heavy atom. The van der Waals surface area contributed by atoms with E-state index in [0.29, 0.717) is 12.1 Å². The summed E-state index contributed by atoms with van der Waals surface area (Å²) in [6, 6.07) is 12.0. The van der Waals surface area contributed by atoms with Crippen LogP contribution in [-0.4, -0.2) is 17.6 Å². The van der Waals surface area contributed by atoms with Gasteiger partial charge >= 0.3 is 5.97 Å². The van der Waals surface area contributed by atoms with Gasteiger partial charge in [0.25, 0.3) is 0 Å². The summed E-state index contributed by atoms with van der Waals surface area (Å²) in [5.74, 6) is -0.887. The lowest BCUT2D eigenvalue weighted by molar-refractivity contribution is -0.132. The molecule has 2 rings (SSSR count). The number of hydrogen-bond donors (Lipinski definition) is 2. The third-order valence-corrected chi connectivity index (χ3v) is 3.60. The normalized spacial score (nSPS) is 11.6. The van der Waals surface area contributed by atoms with Crippen LogP contribution in [-0.2, 0) is 4.79 Å². The number of fused-ring (bicyclic) bond motifs is 1. The van der Waals surface area contributed by atoms with Gasteiger partial charge < -0.3 is 10.4 Å². The average Bonchev–Trinajstić information content (AvgIpc) is 2.41. The number of carboxylic acid groups (broad SMARTS) is 1. The van der Waals surface area contributed by atoms with Crippen LogP contribution in [0, 0.1) is 0 Å². The van der Waals surface area contributed by atoms with E-state index in [1.54, 1.807) is 13.0 Å². The molecule has 0 saturated carbocycles. The fourth-order valence-corrected chi connectivity index (χ4v) is 2.30. The number of benzene rings is 2. The minimum atomic E-state index is -0.887. The summed E-state index contributed by atoms with van der Waals surface area (Å²) >= 11 is 3.52. The van der Waals surface area contributed by atoms with Gasteiger partial charge in [0.1, 0.15) is 0 Å². The molecule has 0 unspecified atom stereocenters. The summed E-state index contributed by atoms with van der Waals surface area (Å²) < 4.78 is 1.05. The van der Waals surface area contributed by atoms with Crippen LogP contribution in [0.15, 0.2) is 52.5 Å². The van der Waals surface area contributed by atoms with Crippen LogP contribution in [0.5, 0.6) is 0 Å². The number of aliphatic carboxylic acids is 1. The van der Waals surface area contributed by atoms with Crippen molar-refractivity contribution in [3.05, 3.63) is 52.5 Å². The Morgan fingerprint density at radius 1 is 1.26 bits per heavy atom. The van der Waals surface area contributed by atoms with E-state index in [-0.39, 0.29) is 0 Å². The molecule has 19 heavy (non-hydrogen) atoms. The second kappa shape index (κ2) is 5.89. The summed E-state index contributed by atoms with van der Waals surface area (Å²) in [5, 5.41) is 14.3. The molecule has 0 aliphatic carbocycles. The van der Waals surface area contributed by atoms with Crippen molar-refractivity contribution in [2.45, 2.75) is 6.92 Å². The number of anilines is 1. The van der Waals surface area contributed by atoms with Crippen molar-refractivity contribution in [2.24, 2.45) is 0 Å². The van der Waals surface area contributed by atoms with Gasteiger partial charge in [-0.05, 0) is 24.4 Å². The highest BCUT2D eigenvalue weighted by molar-refractivity contribution is 9.10. The zero-order chi connectivity index (χ0) is 13.8. The number of halogens is 1. The number of carbonyl (C=O) groups is 1. The van der Waals surface area contributed by atoms with Crippen LogP contribution < -0.4 is 5.32 Å². The predicted octanol–water partition coefficient (Wildman–Crippen LogP) is 4.05. The lowest BCUT2D eigenvalue weighted by Crippen LogP contribution is -2.03. The van der Waals surface area contributed by atoms with Gasteiger partial charge in [0.05, 0.1) is 0 Å². The quantitative estimate of drug-likeness (QED) is 0.836. The summed E-state index contributed by atoms with van der Waals surface area (Å²) in [4.78, 5) is 10.7. The van der Waals surface area contributed by atoms with Gasteiger partial charge in [-0.3, -0.25) is 0 Å². The third kappa shape index (κ3) is 3.15. The maximum absolute atomic E-state index is 10.7. The maximum atomic E-state index is 10.7. The number of nitrogens with one attached hydrogen (secondary N) is 1. The van der Waals surface area contributed by atoms with Crippen LogP contribution in [0.3, 0.4) is 0 Å². The van der Waals surface area contributed by atoms with E-state index in [4.69, 9.17) is 5.11 Å². The first kappa shape index (κ1) is 13.6. The van der Waals surface area contributed by atoms with E-state index in [1.165, 1.54) is 0 Å². The molecule has 0 aliphatic heterocycles. The van der Waals surface area contributed by atoms with Gasteiger partial charge in [-0.15, -0.1) is 0 Å². The highest BCUT2D eigenvalue weighted by atomic mass is 79.9. The Bertz CT molecular complexity index is 650. The smallest absolute Gasteiger partial charge is 0.331 e. The van der Waals surface area contributed by atoms with Crippen LogP contribution >= 0.6 is 15.9 Å². The van der Waals surface area contributed by atoms with Crippen molar-refractivity contribution in [1.29, 1.82) is 0 Å². The van der Waals surface area contributed by atoms with Crippen molar-refractivity contribution in [3.63, 3.8) is 0 Å². The lowest BCUT2D eigenvalue weighted by atomic mass is 10.1. The highest BCUT2D eigenvalue weighted by Crippen LogP contribution is 2.29. The molecule has 4 heteroatoms. The lowest BCUT2D eigenvalue weighted by Gasteiger charge is -2.09. The predicted molar refractivity (Wildman–Crippen MR) is 81.5 cm³/mol. The van der Waals surface area contributed by atoms with Crippen LogP contribution in [0.25, 0.3) is 10.8 Å². The van der Waals surface area contributed by atoms with Gasteiger partial charge in [0.2, 0.25) is 0 Å². The molecule has 0 heterocycles. The van der Waals surface area contributed by atoms with Crippen LogP contribution in [0.4, 0.5) is 5.69 Å². The maximum Gasteiger partial charge on any atom is 0.331 e. The fourth-order valence-electron chi connectivity index (χ4n) is 1.82. The first-order chi connectivity index (χ1) is 9.09. The first-order valence-electron chi connectivity index (χ1n) is 5.91. The summed E-state index contributed by atoms with van der Waals surface area (Å²) in [5.41, 5.74) is 1.34. The van der Waals surface area contributed by atoms with E-state index in [0.717, 1.165) is 20.9 Å². The molecule has 0 atom stereocenters. The highest BCUT2D eigenvalue weighted by Gasteiger charge is 2.03. The number of hydrogen-bond acceptors (Lipinski definition) is 2. The Hall–Kier alpha value is -1.81. The second-order valence-electron chi connectivity index (χ2n) is 4.21. The van der Waals surface area contributed by atoms with Crippen molar-refractivity contribution < 1.29 is 9.90 Å². The Kier molecular flexibility index (Phi) is 4.22. The molecule has 0 saturated heterocycles. The average molecular weight is 320 g/mol. The third-order valence-electron chi connectivity index (χ3n) is 2.91. The van der Waals surface area contributed by atoms with Crippen LogP contribution in [0.1, 0.15) is 6.92 Å². The number of carboxylic acids is 1. The summed E-state index contributed by atoms with van der Waals surface area (Å²) in [7, 11) is 0. The van der Waals surface area contributed by atoms with Crippen molar-refractivity contribution in [2.75, 3.05) is 11.9 Å². The SMILES string of the molecule is C/C(=C/CNc1ccc(Br)c2ccccc12)C(=O)O. The minimum absolute atomic E-state index is 0.342. The molecule has 0 spiro atoms. The standard InChI is InChI=1S/C15H14BrNO2/c1-10(15(18)19)8-9-17-14-7-6-13(16)11-4-2-3-5-12(11)14/h2-8,17H,9H2,1H3,(H,18,19)/b10-8-. The molecular formula is C15H14BrNO2. The van der Waals surface area contributed by atoms with Gasteiger partial charge in [0, 0.05) is 27.7 Å². The Labute approximate surface area is 120 Å². The Balaban J connectivity index is 2.25. The second-order valence-corrected chi connectivity index (χ2v) is 5.07. The van der Waals surface area contributed by atoms with Gasteiger partial charge in [0.15, 0.2) is 0 Å². The molecular weight excluding hydrogens is 306 g/mol. The largest absolute Gasteiger partial charge is 0.478 e. The molecule has 2 aromatic rings. The van der Waals surface area contributed by atoms with Gasteiger partial charge in [-0.2, -0.15) is 0 Å². The van der Waals surface area contributed by atoms with E-state index in [2.05, 4.69) is 21.2 Å². The first-order valence-corrected chi connectivity index (χ1v) is 6.70. The zero-order valence-electron chi connectivity index (χ0n) is 10.5. The fraction of sp³-hybridized carbons (Fsp3) is 0.133. The van der Waals surface area contributed by atoms with Crippen molar-refractivity contribution >= 4 is 38.4 Å². The zero-order valence-corrected chi connectivity index (χ0v) is 12.1. The van der Waals surface area contributed by atoms with E-state index in [9.17, 15) is 4.79 Å². The number of rotatable bonds is 4. The molecule has 0 aliphatic rings. The monoisotopic (exact) mass is 319 g/mol. The van der Waals surface area contributed by atoms with E-state index in [1.807, 2.05) is 36.4 Å². The van der Waals surface area contributed by atoms with Crippen LogP contribution in [0.2, 0.25) is 0 Å². The molecule has 0 amide bonds. The molecule has 0 radical (unpaired) electrons. The molecule has 0 aromatic heterocycles. The summed E-state index contributed by atoms with van der Waals surface area (Å²) in [6.45, 7) is 2.08. The molecule has 2 aromatic carbocycles. The van der Waals surface area contributed by atoms with Gasteiger partial charge in [-0.1, -0.05) is 46.3 Å². The van der Waals surface area contributed by atoms with E-state index >= 15 is 0 Å². The molecule has 0 fully saturated rings. The minimum Gasteiger partial charge on any atom is -0.478 e. The molecule has 2 N–H and O–H groups in total. The summed E-state index contributed by atoms with van der Waals surface area (Å²) in [6.07, 6.45) is 1.67.